The molecule has 1 heterocycles. The second-order valence-corrected chi connectivity index (χ2v) is 7.66. The molecule has 144 valence electrons. The van der Waals surface area contributed by atoms with Crippen LogP contribution in [0, 0.1) is 0 Å². The minimum Gasteiger partial charge on any atom is -0.507 e. The molecule has 0 atom stereocenters. The lowest BCUT2D eigenvalue weighted by atomic mass is 10.2. The van der Waals surface area contributed by atoms with Crippen molar-refractivity contribution in [2.45, 2.75) is 0 Å². The molecule has 0 aliphatic carbocycles. The Bertz CT molecular complexity index is 975. The molecule has 3 rings (SSSR count). The van der Waals surface area contributed by atoms with E-state index in [1.165, 1.54) is 19.3 Å². The van der Waals surface area contributed by atoms with E-state index in [0.29, 0.717) is 17.0 Å². The zero-order valence-electron chi connectivity index (χ0n) is 14.6. The van der Waals surface area contributed by atoms with E-state index in [9.17, 15) is 19.5 Å². The van der Waals surface area contributed by atoms with Crippen LogP contribution in [0.1, 0.15) is 5.56 Å². The molecule has 1 aliphatic rings. The number of amides is 3. The Labute approximate surface area is 173 Å². The molecule has 0 unspecified atom stereocenters. The number of nitrogens with one attached hydrogen (secondary N) is 1. The highest BCUT2D eigenvalue weighted by atomic mass is 79.9. The van der Waals surface area contributed by atoms with E-state index in [0.717, 1.165) is 21.1 Å². The third kappa shape index (κ3) is 4.55. The fraction of sp³-hybridized carbons (Fsp3) is 0.105. The van der Waals surface area contributed by atoms with Crippen molar-refractivity contribution in [2.24, 2.45) is 0 Å². The predicted octanol–water partition coefficient (Wildman–Crippen LogP) is 3.84. The zero-order chi connectivity index (χ0) is 20.3. The van der Waals surface area contributed by atoms with Crippen molar-refractivity contribution in [2.75, 3.05) is 19.0 Å². The number of rotatable bonds is 5. The number of benzene rings is 2. The van der Waals surface area contributed by atoms with Crippen molar-refractivity contribution in [3.63, 3.8) is 0 Å². The summed E-state index contributed by atoms with van der Waals surface area (Å²) in [6, 6.07) is 11.4. The molecule has 1 fully saturated rings. The number of hydrogen-bond acceptors (Lipinski definition) is 6. The Kier molecular flexibility index (Phi) is 6.05. The Morgan fingerprint density at radius 3 is 2.64 bits per heavy atom. The lowest BCUT2D eigenvalue weighted by molar-refractivity contribution is -0.127. The molecule has 3 amide bonds. The molecule has 0 spiro atoms. The van der Waals surface area contributed by atoms with Crippen LogP contribution in [0.3, 0.4) is 0 Å². The fourth-order valence-corrected chi connectivity index (χ4v) is 3.64. The number of carbonyl (C=O) groups excluding carboxylic acids is 3. The molecule has 0 radical (unpaired) electrons. The quantitative estimate of drug-likeness (QED) is 0.655. The van der Waals surface area contributed by atoms with E-state index >= 15 is 0 Å². The standard InChI is InChI=1S/C19H15BrN2O5S/c1-27-14-5-3-13(4-6-14)21-17(24)10-22-18(25)16(28-19(22)26)9-11-8-12(20)2-7-15(11)23/h2-9,23H,10H2,1H3,(H,21,24)/b16-9+. The molecular formula is C19H15BrN2O5S. The van der Waals surface area contributed by atoms with Gasteiger partial charge in [0.15, 0.2) is 0 Å². The fourth-order valence-electron chi connectivity index (χ4n) is 2.44. The van der Waals surface area contributed by atoms with Crippen molar-refractivity contribution in [3.8, 4) is 11.5 Å². The van der Waals surface area contributed by atoms with Crippen LogP contribution in [0.4, 0.5) is 10.5 Å². The molecule has 28 heavy (non-hydrogen) atoms. The first-order valence-corrected chi connectivity index (χ1v) is 9.66. The summed E-state index contributed by atoms with van der Waals surface area (Å²) in [5, 5.41) is 12.0. The van der Waals surface area contributed by atoms with Gasteiger partial charge in [-0.3, -0.25) is 19.3 Å². The highest BCUT2D eigenvalue weighted by Crippen LogP contribution is 2.34. The normalized spacial score (nSPS) is 15.2. The van der Waals surface area contributed by atoms with Crippen LogP contribution in [-0.2, 0) is 9.59 Å². The second-order valence-electron chi connectivity index (χ2n) is 5.75. The molecule has 2 aromatic carbocycles. The van der Waals surface area contributed by atoms with Gasteiger partial charge in [0.2, 0.25) is 5.91 Å². The number of methoxy groups -OCH3 is 1. The summed E-state index contributed by atoms with van der Waals surface area (Å²) < 4.78 is 5.76. The van der Waals surface area contributed by atoms with Gasteiger partial charge in [0, 0.05) is 15.7 Å². The summed E-state index contributed by atoms with van der Waals surface area (Å²) in [6.07, 6.45) is 1.42. The summed E-state index contributed by atoms with van der Waals surface area (Å²) in [5.41, 5.74) is 0.912. The minimum absolute atomic E-state index is 0.0211. The van der Waals surface area contributed by atoms with Gasteiger partial charge in [0.05, 0.1) is 12.0 Å². The maximum absolute atomic E-state index is 12.5. The maximum atomic E-state index is 12.5. The van der Waals surface area contributed by atoms with Crippen LogP contribution >= 0.6 is 27.7 Å². The highest BCUT2D eigenvalue weighted by Gasteiger charge is 2.36. The van der Waals surface area contributed by atoms with Crippen LogP contribution in [-0.4, -0.2) is 40.7 Å². The molecule has 9 heteroatoms. The molecule has 0 bridgehead atoms. The van der Waals surface area contributed by atoms with Crippen molar-refractivity contribution in [3.05, 3.63) is 57.4 Å². The molecule has 2 aromatic rings. The third-order valence-electron chi connectivity index (χ3n) is 3.83. The van der Waals surface area contributed by atoms with Crippen LogP contribution in [0.5, 0.6) is 11.5 Å². The van der Waals surface area contributed by atoms with Crippen molar-refractivity contribution >= 4 is 56.5 Å². The molecule has 0 saturated carbocycles. The minimum atomic E-state index is -0.584. The van der Waals surface area contributed by atoms with Crippen LogP contribution in [0.15, 0.2) is 51.8 Å². The Balaban J connectivity index is 1.70. The van der Waals surface area contributed by atoms with E-state index in [1.54, 1.807) is 36.4 Å². The average Bonchev–Trinajstić information content (AvgIpc) is 2.92. The Morgan fingerprint density at radius 1 is 1.25 bits per heavy atom. The number of phenolic OH excluding ortho intramolecular Hbond substituents is 1. The first-order valence-electron chi connectivity index (χ1n) is 8.05. The number of nitrogens with zero attached hydrogens (tertiary/aromatic N) is 1. The lowest BCUT2D eigenvalue weighted by Gasteiger charge is -2.12. The second kappa shape index (κ2) is 8.49. The lowest BCUT2D eigenvalue weighted by Crippen LogP contribution is -2.36. The maximum Gasteiger partial charge on any atom is 0.294 e. The largest absolute Gasteiger partial charge is 0.507 e. The number of imide groups is 1. The number of aromatic hydroxyl groups is 1. The van der Waals surface area contributed by atoms with Crippen LogP contribution in [0.25, 0.3) is 6.08 Å². The average molecular weight is 463 g/mol. The molecular weight excluding hydrogens is 448 g/mol. The van der Waals surface area contributed by atoms with Gasteiger partial charge < -0.3 is 15.2 Å². The van der Waals surface area contributed by atoms with Gasteiger partial charge in [-0.25, -0.2) is 0 Å². The van der Waals surface area contributed by atoms with Crippen molar-refractivity contribution < 1.29 is 24.2 Å². The molecule has 2 N–H and O–H groups in total. The Morgan fingerprint density at radius 2 is 1.96 bits per heavy atom. The molecule has 1 saturated heterocycles. The van der Waals surface area contributed by atoms with Crippen molar-refractivity contribution in [1.82, 2.24) is 4.90 Å². The number of anilines is 1. The first kappa shape index (κ1) is 20.0. The van der Waals surface area contributed by atoms with E-state index in [-0.39, 0.29) is 10.7 Å². The number of carbonyl (C=O) groups is 3. The van der Waals surface area contributed by atoms with Crippen LogP contribution < -0.4 is 10.1 Å². The van der Waals surface area contributed by atoms with E-state index in [1.807, 2.05) is 0 Å². The number of hydrogen-bond donors (Lipinski definition) is 2. The SMILES string of the molecule is COc1ccc(NC(=O)CN2C(=O)S/C(=C/c3cc(Br)ccc3O)C2=O)cc1. The predicted molar refractivity (Wildman–Crippen MR) is 110 cm³/mol. The van der Waals surface area contributed by atoms with Gasteiger partial charge >= 0.3 is 0 Å². The number of phenols is 1. The summed E-state index contributed by atoms with van der Waals surface area (Å²) in [5.74, 6) is -0.463. The number of thioether (sulfide) groups is 1. The third-order valence-corrected chi connectivity index (χ3v) is 5.23. The van der Waals surface area contributed by atoms with E-state index in [2.05, 4.69) is 21.2 Å². The summed E-state index contributed by atoms with van der Waals surface area (Å²) in [4.78, 5) is 37.9. The highest BCUT2D eigenvalue weighted by molar-refractivity contribution is 9.10. The first-order chi connectivity index (χ1) is 13.4. The van der Waals surface area contributed by atoms with Gasteiger partial charge in [0.1, 0.15) is 18.0 Å². The Hall–Kier alpha value is -2.78. The van der Waals surface area contributed by atoms with Gasteiger partial charge in [-0.1, -0.05) is 15.9 Å². The number of halogens is 1. The smallest absolute Gasteiger partial charge is 0.294 e. The summed E-state index contributed by atoms with van der Waals surface area (Å²) in [7, 11) is 1.54. The summed E-state index contributed by atoms with van der Waals surface area (Å²) in [6.45, 7) is -0.404. The summed E-state index contributed by atoms with van der Waals surface area (Å²) >= 11 is 4.01. The van der Waals surface area contributed by atoms with E-state index < -0.39 is 23.6 Å². The van der Waals surface area contributed by atoms with Crippen molar-refractivity contribution in [1.29, 1.82) is 0 Å². The topological polar surface area (TPSA) is 95.9 Å². The monoisotopic (exact) mass is 462 g/mol. The molecule has 0 aromatic heterocycles. The van der Waals surface area contributed by atoms with Gasteiger partial charge in [0.25, 0.3) is 11.1 Å². The van der Waals surface area contributed by atoms with Gasteiger partial charge in [-0.15, -0.1) is 0 Å². The number of ether oxygens (including phenoxy) is 1. The zero-order valence-corrected chi connectivity index (χ0v) is 17.0. The molecule has 7 nitrogen and oxygen atoms in total. The van der Waals surface area contributed by atoms with Gasteiger partial charge in [-0.05, 0) is 60.3 Å². The van der Waals surface area contributed by atoms with Crippen LogP contribution in [0.2, 0.25) is 0 Å². The van der Waals surface area contributed by atoms with Gasteiger partial charge in [-0.2, -0.15) is 0 Å². The molecule has 1 aliphatic heterocycles. The van der Waals surface area contributed by atoms with E-state index in [4.69, 9.17) is 4.74 Å².